The molecule has 4 rings (SSSR count). The average molecular weight is 403 g/mol. The monoisotopic (exact) mass is 402 g/mol. The molecule has 1 atom stereocenters. The summed E-state index contributed by atoms with van der Waals surface area (Å²) in [4.78, 5) is 28.4. The van der Waals surface area contributed by atoms with Crippen LogP contribution in [0.5, 0.6) is 0 Å². The maximum absolute atomic E-state index is 13.1. The molecule has 2 aromatic rings. The summed E-state index contributed by atoms with van der Waals surface area (Å²) in [6, 6.07) is 0.486. The number of aromatic nitrogens is 4. The molecule has 7 nitrogen and oxygen atoms in total. The van der Waals surface area contributed by atoms with Gasteiger partial charge in [-0.25, -0.2) is 4.79 Å². The van der Waals surface area contributed by atoms with E-state index in [1.807, 2.05) is 6.92 Å². The van der Waals surface area contributed by atoms with Crippen molar-refractivity contribution in [1.82, 2.24) is 19.7 Å². The lowest BCUT2D eigenvalue weighted by Gasteiger charge is -2.12. The molecule has 2 aliphatic rings. The van der Waals surface area contributed by atoms with Crippen LogP contribution in [0.3, 0.4) is 0 Å². The Balaban J connectivity index is 1.55. The van der Waals surface area contributed by atoms with Gasteiger partial charge in [0.2, 0.25) is 0 Å². The second-order valence-electron chi connectivity index (χ2n) is 7.69. The summed E-state index contributed by atoms with van der Waals surface area (Å²) in [7, 11) is 0. The van der Waals surface area contributed by atoms with Crippen LogP contribution in [0.2, 0.25) is 0 Å². The van der Waals surface area contributed by atoms with Gasteiger partial charge < -0.3 is 14.3 Å². The molecule has 0 aliphatic heterocycles. The molecule has 2 aromatic heterocycles. The highest BCUT2D eigenvalue weighted by Crippen LogP contribution is 2.46. The Bertz CT molecular complexity index is 924. The summed E-state index contributed by atoms with van der Waals surface area (Å²) in [5.74, 6) is 1.19. The molecule has 2 aliphatic carbocycles. The minimum Gasteiger partial charge on any atom is -0.462 e. The lowest BCUT2D eigenvalue weighted by Crippen LogP contribution is -2.17. The second kappa shape index (κ2) is 7.39. The number of esters is 1. The highest BCUT2D eigenvalue weighted by Gasteiger charge is 2.37. The molecule has 150 valence electrons. The van der Waals surface area contributed by atoms with Gasteiger partial charge in [-0.2, -0.15) is 0 Å². The predicted octanol–water partition coefficient (Wildman–Crippen LogP) is 3.98. The molecule has 0 bridgehead atoms. The molecule has 2 heterocycles. The zero-order valence-electron chi connectivity index (χ0n) is 16.7. The number of nitrogens with zero attached hydrogens (tertiary/aromatic N) is 3. The van der Waals surface area contributed by atoms with Gasteiger partial charge in [0.15, 0.2) is 10.9 Å². The molecule has 0 unspecified atom stereocenters. The number of carbonyl (C=O) groups is 2. The van der Waals surface area contributed by atoms with Gasteiger partial charge in [0, 0.05) is 17.7 Å². The van der Waals surface area contributed by atoms with E-state index in [4.69, 9.17) is 4.74 Å². The molecule has 0 radical (unpaired) electrons. The summed E-state index contributed by atoms with van der Waals surface area (Å²) in [5.41, 5.74) is 2.24. The second-order valence-corrected chi connectivity index (χ2v) is 8.99. The Morgan fingerprint density at radius 2 is 1.96 bits per heavy atom. The van der Waals surface area contributed by atoms with Gasteiger partial charge in [0.25, 0.3) is 0 Å². The molecule has 8 heteroatoms. The zero-order valence-corrected chi connectivity index (χ0v) is 17.6. The average Bonchev–Trinajstić information content (AvgIpc) is 3.58. The zero-order chi connectivity index (χ0) is 20.0. The van der Waals surface area contributed by atoms with Crippen molar-refractivity contribution in [2.45, 2.75) is 75.7 Å². The number of thioether (sulfide) groups is 1. The molecule has 2 fully saturated rings. The Morgan fingerprint density at radius 1 is 1.25 bits per heavy atom. The summed E-state index contributed by atoms with van der Waals surface area (Å²) < 4.78 is 7.37. The standard InChI is InChI=1S/C20H26N4O3S/c1-5-27-19(26)15-10(2)16(21-11(15)3)17(25)12(4)28-20-23-22-18(13-6-7-13)24(20)14-8-9-14/h12-14,21H,5-9H2,1-4H3/t12-/m1/s1. The van der Waals surface area contributed by atoms with Crippen molar-refractivity contribution in [2.75, 3.05) is 6.61 Å². The fourth-order valence-electron chi connectivity index (χ4n) is 3.59. The first-order valence-electron chi connectivity index (χ1n) is 9.94. The SMILES string of the molecule is CCOC(=O)c1c(C)[nH]c(C(=O)[C@@H](C)Sc2nnc(C3CC3)n2C2CC2)c1C. The van der Waals surface area contributed by atoms with Crippen LogP contribution in [-0.2, 0) is 4.74 Å². The van der Waals surface area contributed by atoms with E-state index in [2.05, 4.69) is 19.7 Å². The molecule has 0 spiro atoms. The van der Waals surface area contributed by atoms with E-state index in [1.165, 1.54) is 24.6 Å². The van der Waals surface area contributed by atoms with Crippen LogP contribution >= 0.6 is 11.8 Å². The van der Waals surface area contributed by atoms with Crippen LogP contribution in [0.25, 0.3) is 0 Å². The number of hydrogen-bond acceptors (Lipinski definition) is 6. The first-order chi connectivity index (χ1) is 13.4. The van der Waals surface area contributed by atoms with Crippen LogP contribution in [-0.4, -0.2) is 43.4 Å². The topological polar surface area (TPSA) is 89.9 Å². The Morgan fingerprint density at radius 3 is 2.57 bits per heavy atom. The molecule has 0 saturated heterocycles. The molecule has 0 amide bonds. The first kappa shape index (κ1) is 19.2. The number of H-pyrrole nitrogens is 1. The number of aromatic amines is 1. The smallest absolute Gasteiger partial charge is 0.340 e. The molecular formula is C20H26N4O3S. The van der Waals surface area contributed by atoms with E-state index in [0.29, 0.717) is 41.1 Å². The third-order valence-electron chi connectivity index (χ3n) is 5.36. The van der Waals surface area contributed by atoms with Gasteiger partial charge in [-0.15, -0.1) is 10.2 Å². The van der Waals surface area contributed by atoms with Crippen molar-refractivity contribution in [3.63, 3.8) is 0 Å². The van der Waals surface area contributed by atoms with Crippen LogP contribution in [0.4, 0.5) is 0 Å². The van der Waals surface area contributed by atoms with Crippen molar-refractivity contribution in [2.24, 2.45) is 0 Å². The van der Waals surface area contributed by atoms with Crippen molar-refractivity contribution < 1.29 is 14.3 Å². The number of ether oxygens (including phenoxy) is 1. The van der Waals surface area contributed by atoms with E-state index < -0.39 is 5.97 Å². The number of carbonyl (C=O) groups excluding carboxylic acids is 2. The molecule has 28 heavy (non-hydrogen) atoms. The lowest BCUT2D eigenvalue weighted by molar-refractivity contribution is 0.0525. The molecule has 1 N–H and O–H groups in total. The fraction of sp³-hybridized carbons (Fsp3) is 0.600. The highest BCUT2D eigenvalue weighted by atomic mass is 32.2. The number of Topliss-reactive ketones (excluding diaryl/α,β-unsaturated/α-hetero) is 1. The largest absolute Gasteiger partial charge is 0.462 e. The number of nitrogens with one attached hydrogen (secondary N) is 1. The van der Waals surface area contributed by atoms with Crippen molar-refractivity contribution in [3.05, 3.63) is 28.3 Å². The van der Waals surface area contributed by atoms with Crippen LogP contribution in [0.1, 0.15) is 89.4 Å². The van der Waals surface area contributed by atoms with E-state index >= 15 is 0 Å². The summed E-state index contributed by atoms with van der Waals surface area (Å²) in [5, 5.41) is 9.31. The lowest BCUT2D eigenvalue weighted by atomic mass is 10.1. The van der Waals surface area contributed by atoms with Crippen LogP contribution < -0.4 is 0 Å². The maximum Gasteiger partial charge on any atom is 0.340 e. The maximum atomic E-state index is 13.1. The molecular weight excluding hydrogens is 376 g/mol. The third-order valence-corrected chi connectivity index (χ3v) is 6.42. The highest BCUT2D eigenvalue weighted by molar-refractivity contribution is 8.00. The van der Waals surface area contributed by atoms with Crippen LogP contribution in [0.15, 0.2) is 5.16 Å². The molecule has 2 saturated carbocycles. The van der Waals surface area contributed by atoms with Crippen LogP contribution in [0, 0.1) is 13.8 Å². The minimum atomic E-state index is -0.393. The number of ketones is 1. The number of aryl methyl sites for hydroxylation is 1. The van der Waals surface area contributed by atoms with Gasteiger partial charge in [-0.05, 0) is 58.9 Å². The predicted molar refractivity (Wildman–Crippen MR) is 106 cm³/mol. The van der Waals surface area contributed by atoms with Gasteiger partial charge in [-0.1, -0.05) is 11.8 Å². The van der Waals surface area contributed by atoms with Gasteiger partial charge >= 0.3 is 5.97 Å². The Labute approximate surface area is 168 Å². The molecule has 0 aromatic carbocycles. The van der Waals surface area contributed by atoms with Crippen molar-refractivity contribution >= 4 is 23.5 Å². The van der Waals surface area contributed by atoms with Crippen molar-refractivity contribution in [3.8, 4) is 0 Å². The normalized spacial score (nSPS) is 17.6. The van der Waals surface area contributed by atoms with E-state index in [1.54, 1.807) is 20.8 Å². The van der Waals surface area contributed by atoms with Gasteiger partial charge in [0.05, 0.1) is 23.1 Å². The van der Waals surface area contributed by atoms with E-state index in [0.717, 1.165) is 23.8 Å². The first-order valence-corrected chi connectivity index (χ1v) is 10.8. The van der Waals surface area contributed by atoms with Gasteiger partial charge in [0.1, 0.15) is 5.82 Å². The van der Waals surface area contributed by atoms with Crippen molar-refractivity contribution in [1.29, 1.82) is 0 Å². The van der Waals surface area contributed by atoms with E-state index in [-0.39, 0.29) is 11.0 Å². The Hall–Kier alpha value is -2.09. The van der Waals surface area contributed by atoms with Gasteiger partial charge in [-0.3, -0.25) is 4.79 Å². The fourth-order valence-corrected chi connectivity index (χ4v) is 4.57. The Kier molecular flexibility index (Phi) is 5.07. The number of hydrogen-bond donors (Lipinski definition) is 1. The quantitative estimate of drug-likeness (QED) is 0.408. The summed E-state index contributed by atoms with van der Waals surface area (Å²) >= 11 is 1.45. The van der Waals surface area contributed by atoms with E-state index in [9.17, 15) is 9.59 Å². The summed E-state index contributed by atoms with van der Waals surface area (Å²) in [6.45, 7) is 7.54. The number of rotatable bonds is 8. The summed E-state index contributed by atoms with van der Waals surface area (Å²) in [6.07, 6.45) is 4.68. The third kappa shape index (κ3) is 3.50. The minimum absolute atomic E-state index is 0.0422.